The molecule has 0 fully saturated rings. The van der Waals surface area contributed by atoms with Gasteiger partial charge in [-0.15, -0.1) is 0 Å². The van der Waals surface area contributed by atoms with Gasteiger partial charge in [0.05, 0.1) is 17.5 Å². The second-order valence-corrected chi connectivity index (χ2v) is 9.17. The molecule has 3 aromatic rings. The average Bonchev–Trinajstić information content (AvgIpc) is 3.34. The van der Waals surface area contributed by atoms with Crippen LogP contribution in [0.15, 0.2) is 90.6 Å². The standard InChI is InChI=1S/C28H19NO5S/c1-3-34-27(32)17-4-8-20(9-5-17)35-28(33)18-6-10-21-22-11-7-19(29-25(30)12-13-26(29)31)15-24(22)16(2)23(21)14-18/h3-16H,1H2,2H3. The maximum atomic E-state index is 13.0. The van der Waals surface area contributed by atoms with E-state index in [1.807, 2.05) is 31.2 Å². The molecule has 5 rings (SSSR count). The molecule has 0 saturated carbocycles. The molecule has 0 spiro atoms. The number of rotatable bonds is 5. The lowest BCUT2D eigenvalue weighted by Gasteiger charge is -2.16. The number of nitrogens with zero attached hydrogens (tertiary/aromatic N) is 1. The van der Waals surface area contributed by atoms with Crippen LogP contribution in [0.5, 0.6) is 0 Å². The molecule has 2 aliphatic rings. The Morgan fingerprint density at radius 2 is 1.49 bits per heavy atom. The second-order valence-electron chi connectivity index (χ2n) is 8.13. The molecule has 0 radical (unpaired) electrons. The van der Waals surface area contributed by atoms with Crippen LogP contribution >= 0.6 is 11.8 Å². The summed E-state index contributed by atoms with van der Waals surface area (Å²) in [5.74, 6) is -1.22. The normalized spacial score (nSPS) is 15.7. The number of hydrogen-bond donors (Lipinski definition) is 0. The number of carbonyl (C=O) groups excluding carboxylic acids is 4. The molecule has 0 N–H and O–H groups in total. The zero-order chi connectivity index (χ0) is 24.7. The van der Waals surface area contributed by atoms with Crippen molar-refractivity contribution in [1.82, 2.24) is 0 Å². The van der Waals surface area contributed by atoms with Gasteiger partial charge in [0.1, 0.15) is 0 Å². The monoisotopic (exact) mass is 481 g/mol. The molecule has 1 aliphatic carbocycles. The number of amides is 2. The Morgan fingerprint density at radius 3 is 2.14 bits per heavy atom. The molecule has 0 aromatic heterocycles. The van der Waals surface area contributed by atoms with E-state index in [-0.39, 0.29) is 22.8 Å². The first-order valence-corrected chi connectivity index (χ1v) is 11.7. The van der Waals surface area contributed by atoms with E-state index < -0.39 is 5.97 Å². The van der Waals surface area contributed by atoms with Gasteiger partial charge in [0.2, 0.25) is 5.12 Å². The minimum absolute atomic E-state index is 0.00591. The topological polar surface area (TPSA) is 80.8 Å². The molecule has 3 aromatic carbocycles. The van der Waals surface area contributed by atoms with Gasteiger partial charge >= 0.3 is 5.97 Å². The van der Waals surface area contributed by atoms with E-state index in [4.69, 9.17) is 4.74 Å². The van der Waals surface area contributed by atoms with E-state index in [1.54, 1.807) is 36.4 Å². The van der Waals surface area contributed by atoms with Crippen molar-refractivity contribution in [3.8, 4) is 11.1 Å². The van der Waals surface area contributed by atoms with Gasteiger partial charge in [-0.3, -0.25) is 14.4 Å². The molecule has 0 bridgehead atoms. The summed E-state index contributed by atoms with van der Waals surface area (Å²) in [6.45, 7) is 5.41. The fraction of sp³-hybridized carbons (Fsp3) is 0.0714. The van der Waals surface area contributed by atoms with Crippen molar-refractivity contribution in [3.05, 3.63) is 108 Å². The first-order valence-electron chi connectivity index (χ1n) is 10.9. The number of thioether (sulfide) groups is 1. The van der Waals surface area contributed by atoms with E-state index in [0.717, 1.165) is 45.2 Å². The van der Waals surface area contributed by atoms with Gasteiger partial charge in [-0.1, -0.05) is 25.6 Å². The Bertz CT molecular complexity index is 1440. The fourth-order valence-corrected chi connectivity index (χ4v) is 5.11. The van der Waals surface area contributed by atoms with Crippen LogP contribution < -0.4 is 4.90 Å². The maximum absolute atomic E-state index is 13.0. The lowest BCUT2D eigenvalue weighted by Crippen LogP contribution is -2.29. The minimum Gasteiger partial charge on any atom is -0.432 e. The van der Waals surface area contributed by atoms with E-state index in [0.29, 0.717) is 21.7 Å². The summed E-state index contributed by atoms with van der Waals surface area (Å²) in [7, 11) is 0. The Morgan fingerprint density at radius 1 is 0.886 bits per heavy atom. The van der Waals surface area contributed by atoms with Crippen molar-refractivity contribution in [3.63, 3.8) is 0 Å². The highest BCUT2D eigenvalue weighted by Gasteiger charge is 2.30. The van der Waals surface area contributed by atoms with Gasteiger partial charge in [0.25, 0.3) is 11.8 Å². The predicted octanol–water partition coefficient (Wildman–Crippen LogP) is 5.48. The lowest BCUT2D eigenvalue weighted by atomic mass is 9.97. The molecule has 172 valence electrons. The van der Waals surface area contributed by atoms with Crippen molar-refractivity contribution < 1.29 is 23.9 Å². The van der Waals surface area contributed by atoms with Gasteiger partial charge in [-0.25, -0.2) is 9.69 Å². The summed E-state index contributed by atoms with van der Waals surface area (Å²) in [6, 6.07) is 17.8. The van der Waals surface area contributed by atoms with Gasteiger partial charge in [0, 0.05) is 28.5 Å². The number of ether oxygens (including phenoxy) is 1. The number of benzene rings is 3. The summed E-state index contributed by atoms with van der Waals surface area (Å²) in [4.78, 5) is 50.8. The van der Waals surface area contributed by atoms with Crippen molar-refractivity contribution in [1.29, 1.82) is 0 Å². The lowest BCUT2D eigenvalue weighted by molar-refractivity contribution is -0.119. The van der Waals surface area contributed by atoms with Gasteiger partial charge < -0.3 is 4.74 Å². The molecule has 2 amide bonds. The first kappa shape index (κ1) is 22.6. The molecule has 1 unspecified atom stereocenters. The molecule has 35 heavy (non-hydrogen) atoms. The molecule has 6 nitrogen and oxygen atoms in total. The number of imide groups is 1. The van der Waals surface area contributed by atoms with Crippen molar-refractivity contribution in [2.45, 2.75) is 17.7 Å². The van der Waals surface area contributed by atoms with Crippen LogP contribution in [0.4, 0.5) is 5.69 Å². The highest BCUT2D eigenvalue weighted by atomic mass is 32.2. The fourth-order valence-electron chi connectivity index (χ4n) is 4.38. The smallest absolute Gasteiger partial charge is 0.342 e. The van der Waals surface area contributed by atoms with Crippen LogP contribution in [0.2, 0.25) is 0 Å². The predicted molar refractivity (Wildman–Crippen MR) is 133 cm³/mol. The third-order valence-electron chi connectivity index (χ3n) is 6.10. The van der Waals surface area contributed by atoms with E-state index >= 15 is 0 Å². The van der Waals surface area contributed by atoms with Gasteiger partial charge in [0.15, 0.2) is 0 Å². The van der Waals surface area contributed by atoms with Crippen LogP contribution in [-0.2, 0) is 14.3 Å². The Hall–Kier alpha value is -4.23. The Kier molecular flexibility index (Phi) is 5.70. The Balaban J connectivity index is 1.37. The molecular weight excluding hydrogens is 462 g/mol. The van der Waals surface area contributed by atoms with E-state index in [1.165, 1.54) is 12.2 Å². The zero-order valence-corrected chi connectivity index (χ0v) is 19.5. The van der Waals surface area contributed by atoms with Gasteiger partial charge in [-0.2, -0.15) is 0 Å². The third-order valence-corrected chi connectivity index (χ3v) is 7.03. The molecule has 0 saturated heterocycles. The van der Waals surface area contributed by atoms with Crippen molar-refractivity contribution in [2.24, 2.45) is 0 Å². The summed E-state index contributed by atoms with van der Waals surface area (Å²) >= 11 is 1.08. The van der Waals surface area contributed by atoms with Crippen molar-refractivity contribution >= 4 is 40.3 Å². The number of anilines is 1. The molecule has 7 heteroatoms. The van der Waals surface area contributed by atoms with Crippen LogP contribution in [0.25, 0.3) is 11.1 Å². The zero-order valence-electron chi connectivity index (χ0n) is 18.7. The highest BCUT2D eigenvalue weighted by Crippen LogP contribution is 2.46. The SMILES string of the molecule is C=COC(=O)c1ccc(SC(=O)c2ccc3c(c2)C(C)c2cc(N4C(=O)C=CC4=O)ccc2-3)cc1. The molecular formula is C28H19NO5S. The summed E-state index contributed by atoms with van der Waals surface area (Å²) in [5.41, 5.74) is 5.55. The Labute approximate surface area is 205 Å². The summed E-state index contributed by atoms with van der Waals surface area (Å²) in [6.07, 6.45) is 3.61. The van der Waals surface area contributed by atoms with E-state index in [9.17, 15) is 19.2 Å². The van der Waals surface area contributed by atoms with Crippen LogP contribution in [0, 0.1) is 0 Å². The number of carbonyl (C=O) groups is 4. The minimum atomic E-state index is -0.507. The third kappa shape index (κ3) is 4.00. The van der Waals surface area contributed by atoms with Crippen LogP contribution in [0.3, 0.4) is 0 Å². The van der Waals surface area contributed by atoms with Gasteiger partial charge in [-0.05, 0) is 82.5 Å². The number of fused-ring (bicyclic) bond motifs is 3. The average molecular weight is 482 g/mol. The maximum Gasteiger partial charge on any atom is 0.342 e. The van der Waals surface area contributed by atoms with Crippen molar-refractivity contribution in [2.75, 3.05) is 4.90 Å². The quantitative estimate of drug-likeness (QED) is 0.208. The largest absolute Gasteiger partial charge is 0.432 e. The number of hydrogen-bond acceptors (Lipinski definition) is 6. The highest BCUT2D eigenvalue weighted by molar-refractivity contribution is 8.14. The van der Waals surface area contributed by atoms with Crippen LogP contribution in [0.1, 0.15) is 44.7 Å². The summed E-state index contributed by atoms with van der Waals surface area (Å²) < 4.78 is 4.76. The molecule has 1 atom stereocenters. The summed E-state index contributed by atoms with van der Waals surface area (Å²) in [5, 5.41) is -0.114. The first-order chi connectivity index (χ1) is 16.9. The second kappa shape index (κ2) is 8.85. The molecule has 1 heterocycles. The van der Waals surface area contributed by atoms with E-state index in [2.05, 4.69) is 6.58 Å². The number of esters is 1. The van der Waals surface area contributed by atoms with Crippen LogP contribution in [-0.4, -0.2) is 22.9 Å². The molecule has 1 aliphatic heterocycles.